The van der Waals surface area contributed by atoms with Crippen molar-refractivity contribution in [2.75, 3.05) is 19.6 Å². The molecule has 1 heterocycles. The largest absolute Gasteiger partial charge is 0.356 e. The summed E-state index contributed by atoms with van der Waals surface area (Å²) in [4.78, 5) is 11.9. The Morgan fingerprint density at radius 1 is 1.44 bits per heavy atom. The fourth-order valence-electron chi connectivity index (χ4n) is 2.47. The Morgan fingerprint density at radius 2 is 2.17 bits per heavy atom. The second-order valence-electron chi connectivity index (χ2n) is 6.95. The highest BCUT2D eigenvalue weighted by atomic mass is 16.1. The van der Waals surface area contributed by atoms with E-state index in [4.69, 9.17) is 0 Å². The smallest absolute Gasteiger partial charge is 0.220 e. The zero-order valence-electron chi connectivity index (χ0n) is 12.5. The van der Waals surface area contributed by atoms with Gasteiger partial charge in [0, 0.05) is 13.0 Å². The third-order valence-electron chi connectivity index (χ3n) is 3.84. The third kappa shape index (κ3) is 6.39. The van der Waals surface area contributed by atoms with E-state index in [2.05, 4.69) is 38.3 Å². The van der Waals surface area contributed by atoms with Gasteiger partial charge in [0.25, 0.3) is 0 Å². The monoisotopic (exact) mass is 254 g/mol. The molecule has 0 aromatic heterocycles. The highest BCUT2D eigenvalue weighted by molar-refractivity contribution is 5.76. The number of amides is 1. The van der Waals surface area contributed by atoms with Gasteiger partial charge in [-0.15, -0.1) is 0 Å². The molecule has 0 bridgehead atoms. The van der Waals surface area contributed by atoms with Crippen molar-refractivity contribution in [2.24, 2.45) is 17.3 Å². The van der Waals surface area contributed by atoms with E-state index in [0.29, 0.717) is 23.7 Å². The molecule has 2 N–H and O–H groups in total. The van der Waals surface area contributed by atoms with Crippen LogP contribution in [-0.4, -0.2) is 25.5 Å². The zero-order valence-corrected chi connectivity index (χ0v) is 12.5. The van der Waals surface area contributed by atoms with E-state index in [1.165, 1.54) is 12.8 Å². The van der Waals surface area contributed by atoms with E-state index < -0.39 is 0 Å². The van der Waals surface area contributed by atoms with Crippen molar-refractivity contribution >= 4 is 5.91 Å². The lowest BCUT2D eigenvalue weighted by Crippen LogP contribution is -2.36. The summed E-state index contributed by atoms with van der Waals surface area (Å²) in [5.74, 6) is 1.39. The molecule has 1 aliphatic rings. The number of nitrogens with one attached hydrogen (secondary N) is 2. The molecule has 1 aliphatic heterocycles. The summed E-state index contributed by atoms with van der Waals surface area (Å²) < 4.78 is 0. The van der Waals surface area contributed by atoms with Gasteiger partial charge in [-0.05, 0) is 49.6 Å². The molecule has 0 radical (unpaired) electrons. The number of hydrogen-bond donors (Lipinski definition) is 2. The van der Waals surface area contributed by atoms with E-state index in [9.17, 15) is 4.79 Å². The molecule has 3 heteroatoms. The lowest BCUT2D eigenvalue weighted by molar-refractivity contribution is -0.122. The second-order valence-corrected chi connectivity index (χ2v) is 6.95. The first-order valence-corrected chi connectivity index (χ1v) is 7.36. The van der Waals surface area contributed by atoms with Crippen molar-refractivity contribution in [2.45, 2.75) is 53.4 Å². The van der Waals surface area contributed by atoms with Gasteiger partial charge in [0.15, 0.2) is 0 Å². The van der Waals surface area contributed by atoms with Crippen molar-refractivity contribution in [3.8, 4) is 0 Å². The maximum absolute atomic E-state index is 11.9. The van der Waals surface area contributed by atoms with Crippen LogP contribution in [0.5, 0.6) is 0 Å². The molecular weight excluding hydrogens is 224 g/mol. The summed E-state index contributed by atoms with van der Waals surface area (Å²) in [7, 11) is 0. The van der Waals surface area contributed by atoms with Gasteiger partial charge in [-0.25, -0.2) is 0 Å². The molecule has 18 heavy (non-hydrogen) atoms. The van der Waals surface area contributed by atoms with Crippen LogP contribution in [-0.2, 0) is 4.79 Å². The molecule has 0 saturated carbocycles. The molecule has 2 atom stereocenters. The summed E-state index contributed by atoms with van der Waals surface area (Å²) >= 11 is 0. The van der Waals surface area contributed by atoms with Crippen molar-refractivity contribution in [1.29, 1.82) is 0 Å². The molecule has 1 saturated heterocycles. The van der Waals surface area contributed by atoms with Gasteiger partial charge in [-0.1, -0.05) is 27.7 Å². The molecule has 0 aliphatic carbocycles. The highest BCUT2D eigenvalue weighted by Gasteiger charge is 2.22. The molecule has 0 aromatic carbocycles. The minimum atomic E-state index is 0.220. The van der Waals surface area contributed by atoms with Gasteiger partial charge in [0.1, 0.15) is 0 Å². The van der Waals surface area contributed by atoms with Gasteiger partial charge in [-0.3, -0.25) is 4.79 Å². The van der Waals surface area contributed by atoms with Gasteiger partial charge >= 0.3 is 0 Å². The van der Waals surface area contributed by atoms with Crippen LogP contribution in [0.1, 0.15) is 53.4 Å². The highest BCUT2D eigenvalue weighted by Crippen LogP contribution is 2.22. The third-order valence-corrected chi connectivity index (χ3v) is 3.84. The summed E-state index contributed by atoms with van der Waals surface area (Å²) in [6.07, 6.45) is 4.23. The first-order chi connectivity index (χ1) is 8.38. The average Bonchev–Trinajstić information content (AvgIpc) is 2.28. The van der Waals surface area contributed by atoms with Crippen molar-refractivity contribution in [3.05, 3.63) is 0 Å². The lowest BCUT2D eigenvalue weighted by atomic mass is 9.85. The predicted octanol–water partition coefficient (Wildman–Crippen LogP) is 2.56. The fraction of sp³-hybridized carbons (Fsp3) is 0.933. The van der Waals surface area contributed by atoms with E-state index in [1.54, 1.807) is 0 Å². The van der Waals surface area contributed by atoms with Crippen LogP contribution in [0.25, 0.3) is 0 Å². The molecule has 1 fully saturated rings. The Bertz CT molecular complexity index is 252. The van der Waals surface area contributed by atoms with Crippen LogP contribution < -0.4 is 10.6 Å². The molecule has 106 valence electrons. The normalized spacial score (nSPS) is 22.6. The minimum absolute atomic E-state index is 0.220. The second kappa shape index (κ2) is 7.13. The number of carbonyl (C=O) groups is 1. The van der Waals surface area contributed by atoms with E-state index >= 15 is 0 Å². The van der Waals surface area contributed by atoms with Crippen molar-refractivity contribution in [1.82, 2.24) is 10.6 Å². The number of hydrogen-bond acceptors (Lipinski definition) is 2. The van der Waals surface area contributed by atoms with E-state index in [1.807, 2.05) is 0 Å². The van der Waals surface area contributed by atoms with Gasteiger partial charge in [0.2, 0.25) is 5.91 Å². The Hall–Kier alpha value is -0.570. The molecule has 3 nitrogen and oxygen atoms in total. The SMILES string of the molecule is CC(CC(=O)NCCC(C)(C)C)C1CCCNC1. The standard InChI is InChI=1S/C15H30N2O/c1-12(13-6-5-8-16-11-13)10-14(18)17-9-7-15(2,3)4/h12-13,16H,5-11H2,1-4H3,(H,17,18). The zero-order chi connectivity index (χ0) is 13.6. The molecule has 1 amide bonds. The first-order valence-electron chi connectivity index (χ1n) is 7.36. The summed E-state index contributed by atoms with van der Waals surface area (Å²) in [5, 5.41) is 6.47. The predicted molar refractivity (Wildman–Crippen MR) is 76.5 cm³/mol. The van der Waals surface area contributed by atoms with Crippen LogP contribution in [0.2, 0.25) is 0 Å². The van der Waals surface area contributed by atoms with Gasteiger partial charge in [0.05, 0.1) is 0 Å². The van der Waals surface area contributed by atoms with E-state index in [0.717, 1.165) is 26.1 Å². The number of carbonyl (C=O) groups excluding carboxylic acids is 1. The topological polar surface area (TPSA) is 41.1 Å². The van der Waals surface area contributed by atoms with Gasteiger partial charge < -0.3 is 10.6 Å². The minimum Gasteiger partial charge on any atom is -0.356 e. The maximum Gasteiger partial charge on any atom is 0.220 e. The Kier molecular flexibility index (Phi) is 6.13. The Balaban J connectivity index is 2.18. The molecule has 1 rings (SSSR count). The van der Waals surface area contributed by atoms with E-state index in [-0.39, 0.29) is 5.91 Å². The Morgan fingerprint density at radius 3 is 2.72 bits per heavy atom. The maximum atomic E-state index is 11.9. The molecule has 0 aromatic rings. The van der Waals surface area contributed by atoms with Crippen LogP contribution in [0, 0.1) is 17.3 Å². The van der Waals surface area contributed by atoms with Crippen LogP contribution in [0.4, 0.5) is 0 Å². The Labute approximate surface area is 112 Å². The summed E-state index contributed by atoms with van der Waals surface area (Å²) in [6.45, 7) is 11.8. The quantitative estimate of drug-likeness (QED) is 0.791. The summed E-state index contributed by atoms with van der Waals surface area (Å²) in [5.41, 5.74) is 0.298. The van der Waals surface area contributed by atoms with Gasteiger partial charge in [-0.2, -0.15) is 0 Å². The molecule has 0 spiro atoms. The average molecular weight is 254 g/mol. The summed E-state index contributed by atoms with van der Waals surface area (Å²) in [6, 6.07) is 0. The van der Waals surface area contributed by atoms with Crippen LogP contribution in [0.15, 0.2) is 0 Å². The number of rotatable bonds is 5. The molecule has 2 unspecified atom stereocenters. The lowest BCUT2D eigenvalue weighted by Gasteiger charge is -2.28. The van der Waals surface area contributed by atoms with Crippen molar-refractivity contribution in [3.63, 3.8) is 0 Å². The number of piperidine rings is 1. The first kappa shape index (κ1) is 15.5. The fourth-order valence-corrected chi connectivity index (χ4v) is 2.47. The van der Waals surface area contributed by atoms with Crippen LogP contribution in [0.3, 0.4) is 0 Å². The molecular formula is C15H30N2O. The van der Waals surface area contributed by atoms with Crippen LogP contribution >= 0.6 is 0 Å². The van der Waals surface area contributed by atoms with Crippen molar-refractivity contribution < 1.29 is 4.79 Å².